The second kappa shape index (κ2) is 14.2. The van der Waals surface area contributed by atoms with Crippen LogP contribution in [0.2, 0.25) is 10.0 Å². The predicted molar refractivity (Wildman–Crippen MR) is 188 cm³/mol. The van der Waals surface area contributed by atoms with Gasteiger partial charge in [0.1, 0.15) is 31.3 Å². The van der Waals surface area contributed by atoms with Crippen molar-refractivity contribution in [2.45, 2.75) is 32.2 Å². The van der Waals surface area contributed by atoms with E-state index in [-0.39, 0.29) is 17.6 Å². The predicted octanol–water partition coefficient (Wildman–Crippen LogP) is 5.43. The van der Waals surface area contributed by atoms with Gasteiger partial charge in [0.25, 0.3) is 0 Å². The zero-order valence-corrected chi connectivity index (χ0v) is 28.9. The maximum absolute atomic E-state index is 12.6. The molecule has 2 aliphatic rings. The van der Waals surface area contributed by atoms with Gasteiger partial charge in [0.15, 0.2) is 0 Å². The largest absolute Gasteiger partial charge is 0.493 e. The fourth-order valence-corrected chi connectivity index (χ4v) is 6.73. The molecule has 2 aliphatic heterocycles. The number of rotatable bonds is 10. The van der Waals surface area contributed by atoms with Gasteiger partial charge in [-0.05, 0) is 80.6 Å². The molecule has 2 aromatic heterocycles. The van der Waals surface area contributed by atoms with Crippen LogP contribution in [0.4, 0.5) is 11.4 Å². The van der Waals surface area contributed by atoms with E-state index in [1.807, 2.05) is 38.1 Å². The molecule has 0 spiro atoms. The third kappa shape index (κ3) is 7.32. The van der Waals surface area contributed by atoms with Crippen LogP contribution in [0, 0.1) is 5.92 Å². The summed E-state index contributed by atoms with van der Waals surface area (Å²) in [7, 11) is 0. The molecule has 2 fully saturated rings. The third-order valence-electron chi connectivity index (χ3n) is 8.89. The van der Waals surface area contributed by atoms with E-state index in [1.54, 1.807) is 40.1 Å². The highest BCUT2D eigenvalue weighted by atomic mass is 35.5. The maximum atomic E-state index is 12.6. The normalized spacial score (nSPS) is 19.8. The highest BCUT2D eigenvalue weighted by Gasteiger charge is 2.41. The standard InChI is InChI=1S/C35H38Cl2N8O4/c1-25(2)45-34(46)44(24-40-45)32-5-3-30(4-6-32)41-11-13-42(14-12-41)31-7-9-33(10-8-31)47-18-26-19-48-35(49-20-26,21-43-23-38-22-39-43)27-15-28(36)17-29(37)16-27/h3-10,15-17,22-26H,11-14,18-21H2,1-2H3. The number of anilines is 2. The van der Waals surface area contributed by atoms with Gasteiger partial charge < -0.3 is 24.0 Å². The van der Waals surface area contributed by atoms with Crippen molar-refractivity contribution in [3.63, 3.8) is 0 Å². The average Bonchev–Trinajstić information content (AvgIpc) is 3.77. The first-order chi connectivity index (χ1) is 23.8. The zero-order valence-electron chi connectivity index (χ0n) is 27.4. The van der Waals surface area contributed by atoms with Gasteiger partial charge in [-0.1, -0.05) is 23.2 Å². The summed E-state index contributed by atoms with van der Waals surface area (Å²) >= 11 is 12.6. The fraction of sp³-hybridized carbons (Fsp3) is 0.371. The second-order valence-electron chi connectivity index (χ2n) is 12.6. The van der Waals surface area contributed by atoms with Crippen LogP contribution >= 0.6 is 23.2 Å². The van der Waals surface area contributed by atoms with Crippen molar-refractivity contribution in [3.8, 4) is 11.4 Å². The second-order valence-corrected chi connectivity index (χ2v) is 13.5. The molecular weight excluding hydrogens is 667 g/mol. The van der Waals surface area contributed by atoms with E-state index in [2.05, 4.69) is 49.2 Å². The Morgan fingerprint density at radius 3 is 1.98 bits per heavy atom. The first-order valence-corrected chi connectivity index (χ1v) is 17.1. The number of piperazine rings is 1. The van der Waals surface area contributed by atoms with Gasteiger partial charge in [0.05, 0.1) is 31.5 Å². The summed E-state index contributed by atoms with van der Waals surface area (Å²) in [6, 6.07) is 21.6. The Hall–Kier alpha value is -4.36. The molecule has 0 unspecified atom stereocenters. The molecule has 0 atom stereocenters. The molecule has 7 rings (SSSR count). The number of aromatic nitrogens is 6. The van der Waals surface area contributed by atoms with Crippen LogP contribution in [0.3, 0.4) is 0 Å². The number of hydrogen-bond acceptors (Lipinski definition) is 9. The van der Waals surface area contributed by atoms with E-state index in [1.165, 1.54) is 11.0 Å². The minimum atomic E-state index is -1.10. The first kappa shape index (κ1) is 33.2. The smallest absolute Gasteiger partial charge is 0.350 e. The third-order valence-corrected chi connectivity index (χ3v) is 9.32. The van der Waals surface area contributed by atoms with Crippen LogP contribution in [0.1, 0.15) is 25.5 Å². The topological polar surface area (TPSA) is 105 Å². The van der Waals surface area contributed by atoms with Crippen LogP contribution in [0.5, 0.6) is 5.75 Å². The van der Waals surface area contributed by atoms with E-state index in [0.717, 1.165) is 54.6 Å². The molecular formula is C35H38Cl2N8O4. The molecule has 5 aromatic rings. The average molecular weight is 706 g/mol. The van der Waals surface area contributed by atoms with Crippen molar-refractivity contribution < 1.29 is 14.2 Å². The number of ether oxygens (including phenoxy) is 3. The molecule has 0 saturated carbocycles. The Kier molecular flexibility index (Phi) is 9.64. The lowest BCUT2D eigenvalue weighted by Gasteiger charge is -2.40. The highest BCUT2D eigenvalue weighted by Crippen LogP contribution is 2.37. The minimum Gasteiger partial charge on any atom is -0.493 e. The molecule has 14 heteroatoms. The Labute approximate surface area is 294 Å². The number of hydrogen-bond donors (Lipinski definition) is 0. The van der Waals surface area contributed by atoms with Gasteiger partial charge in [0.2, 0.25) is 5.79 Å². The summed E-state index contributed by atoms with van der Waals surface area (Å²) in [5.41, 5.74) is 3.69. The van der Waals surface area contributed by atoms with Crippen molar-refractivity contribution in [3.05, 3.63) is 112 Å². The van der Waals surface area contributed by atoms with Gasteiger partial charge in [-0.2, -0.15) is 10.2 Å². The molecule has 12 nitrogen and oxygen atoms in total. The molecule has 4 heterocycles. The van der Waals surface area contributed by atoms with Crippen LogP contribution in [-0.2, 0) is 21.8 Å². The summed E-state index contributed by atoms with van der Waals surface area (Å²) in [5, 5.41) is 9.47. The first-order valence-electron chi connectivity index (χ1n) is 16.3. The summed E-state index contributed by atoms with van der Waals surface area (Å²) in [5.74, 6) is -0.284. The van der Waals surface area contributed by atoms with E-state index < -0.39 is 5.79 Å². The zero-order chi connectivity index (χ0) is 34.0. The van der Waals surface area contributed by atoms with Gasteiger partial charge >= 0.3 is 5.69 Å². The molecule has 0 N–H and O–H groups in total. The molecule has 256 valence electrons. The molecule has 0 bridgehead atoms. The highest BCUT2D eigenvalue weighted by molar-refractivity contribution is 6.34. The lowest BCUT2D eigenvalue weighted by Crippen LogP contribution is -2.46. The Bertz CT molecular complexity index is 1880. The van der Waals surface area contributed by atoms with Crippen LogP contribution in [-0.4, -0.2) is 75.1 Å². The van der Waals surface area contributed by atoms with Gasteiger partial charge in [0, 0.05) is 59.1 Å². The van der Waals surface area contributed by atoms with Crippen molar-refractivity contribution in [2.75, 3.05) is 55.8 Å². The number of nitrogens with zero attached hydrogens (tertiary/aromatic N) is 8. The lowest BCUT2D eigenvalue weighted by molar-refractivity contribution is -0.301. The molecule has 49 heavy (non-hydrogen) atoms. The molecule has 0 radical (unpaired) electrons. The van der Waals surface area contributed by atoms with Crippen molar-refractivity contribution in [2.24, 2.45) is 5.92 Å². The van der Waals surface area contributed by atoms with Crippen LogP contribution in [0.25, 0.3) is 5.69 Å². The van der Waals surface area contributed by atoms with Crippen LogP contribution < -0.4 is 20.2 Å². The van der Waals surface area contributed by atoms with Crippen molar-refractivity contribution in [1.82, 2.24) is 29.1 Å². The Morgan fingerprint density at radius 2 is 1.43 bits per heavy atom. The van der Waals surface area contributed by atoms with Crippen molar-refractivity contribution >= 4 is 34.6 Å². The summed E-state index contributed by atoms with van der Waals surface area (Å²) < 4.78 is 23.7. The summed E-state index contributed by atoms with van der Waals surface area (Å²) in [6.07, 6.45) is 4.67. The monoisotopic (exact) mass is 704 g/mol. The Balaban J connectivity index is 0.904. The molecule has 0 amide bonds. The van der Waals surface area contributed by atoms with Gasteiger partial charge in [-0.25, -0.2) is 23.7 Å². The van der Waals surface area contributed by atoms with E-state index in [4.69, 9.17) is 37.4 Å². The summed E-state index contributed by atoms with van der Waals surface area (Å²) in [6.45, 7) is 9.06. The maximum Gasteiger partial charge on any atom is 0.350 e. The SMILES string of the molecule is CC(C)n1ncn(-c2ccc(N3CCN(c4ccc(OCC5COC(Cn6cncn6)(c6cc(Cl)cc(Cl)c6)OC5)cc4)CC3)cc2)c1=O. The number of halogens is 2. The molecule has 2 saturated heterocycles. The molecule has 0 aliphatic carbocycles. The van der Waals surface area contributed by atoms with E-state index in [0.29, 0.717) is 36.4 Å². The van der Waals surface area contributed by atoms with Gasteiger partial charge in [-0.15, -0.1) is 0 Å². The fourth-order valence-electron chi connectivity index (χ4n) is 6.20. The Morgan fingerprint density at radius 1 is 0.837 bits per heavy atom. The van der Waals surface area contributed by atoms with E-state index in [9.17, 15) is 4.79 Å². The lowest BCUT2D eigenvalue weighted by atomic mass is 10.0. The van der Waals surface area contributed by atoms with Crippen molar-refractivity contribution in [1.29, 1.82) is 0 Å². The summed E-state index contributed by atoms with van der Waals surface area (Å²) in [4.78, 5) is 21.4. The minimum absolute atomic E-state index is 0.0155. The van der Waals surface area contributed by atoms with Gasteiger partial charge in [-0.3, -0.25) is 0 Å². The van der Waals surface area contributed by atoms with Crippen LogP contribution in [0.15, 0.2) is 90.5 Å². The number of benzene rings is 3. The molecule has 3 aromatic carbocycles. The quantitative estimate of drug-likeness (QED) is 0.188. The van der Waals surface area contributed by atoms with E-state index >= 15 is 0 Å².